The molecule has 1 aromatic carbocycles. The summed E-state index contributed by atoms with van der Waals surface area (Å²) >= 11 is 6.28. The Hall–Kier alpha value is -0.810. The van der Waals surface area contributed by atoms with Crippen molar-refractivity contribution in [1.29, 1.82) is 0 Å². The van der Waals surface area contributed by atoms with E-state index in [0.29, 0.717) is 12.1 Å². The standard InChI is InChI=1S/C20H30ClN3O/c21-17-5-6-20(25-19-3-1-2-4-19)16(13-17)14-23-10-7-18(15-23)24-11-8-22-9-12-24/h5-6,13,18-19,22H,1-4,7-12,14-15H2. The number of nitrogens with zero attached hydrogens (tertiary/aromatic N) is 2. The van der Waals surface area contributed by atoms with Gasteiger partial charge in [-0.1, -0.05) is 11.6 Å². The molecular formula is C20H30ClN3O. The van der Waals surface area contributed by atoms with Crippen molar-refractivity contribution < 1.29 is 4.74 Å². The Labute approximate surface area is 156 Å². The Morgan fingerprint density at radius 2 is 1.88 bits per heavy atom. The molecule has 1 atom stereocenters. The second-order valence-electron chi connectivity index (χ2n) is 7.74. The third-order valence-electron chi connectivity index (χ3n) is 5.93. The Kier molecular flexibility index (Phi) is 5.81. The smallest absolute Gasteiger partial charge is 0.124 e. The quantitative estimate of drug-likeness (QED) is 0.869. The predicted octanol–water partition coefficient (Wildman–Crippen LogP) is 3.14. The van der Waals surface area contributed by atoms with Gasteiger partial charge in [0.25, 0.3) is 0 Å². The van der Waals surface area contributed by atoms with Gasteiger partial charge >= 0.3 is 0 Å². The van der Waals surface area contributed by atoms with Crippen LogP contribution in [0.5, 0.6) is 5.75 Å². The van der Waals surface area contributed by atoms with Crippen molar-refractivity contribution in [2.75, 3.05) is 39.3 Å². The van der Waals surface area contributed by atoms with Crippen LogP contribution in [-0.2, 0) is 6.54 Å². The van der Waals surface area contributed by atoms with E-state index < -0.39 is 0 Å². The molecule has 0 spiro atoms. The van der Waals surface area contributed by atoms with Crippen LogP contribution in [-0.4, -0.2) is 61.2 Å². The summed E-state index contributed by atoms with van der Waals surface area (Å²) in [6.07, 6.45) is 6.65. The first-order chi connectivity index (χ1) is 12.3. The average Bonchev–Trinajstić information content (AvgIpc) is 3.30. The molecule has 0 bridgehead atoms. The van der Waals surface area contributed by atoms with Crippen molar-refractivity contribution in [2.24, 2.45) is 0 Å². The number of hydrogen-bond acceptors (Lipinski definition) is 4. The summed E-state index contributed by atoms with van der Waals surface area (Å²) in [5.74, 6) is 1.04. The molecule has 1 aliphatic carbocycles. The zero-order valence-electron chi connectivity index (χ0n) is 15.1. The number of likely N-dealkylation sites (tertiary alicyclic amines) is 1. The molecule has 4 nitrogen and oxygen atoms in total. The van der Waals surface area contributed by atoms with E-state index in [-0.39, 0.29) is 0 Å². The number of benzene rings is 1. The van der Waals surface area contributed by atoms with Crippen molar-refractivity contribution in [3.63, 3.8) is 0 Å². The minimum Gasteiger partial charge on any atom is -0.490 e. The zero-order chi connectivity index (χ0) is 17.1. The van der Waals surface area contributed by atoms with Gasteiger partial charge in [-0.15, -0.1) is 0 Å². The molecule has 0 radical (unpaired) electrons. The van der Waals surface area contributed by atoms with E-state index in [4.69, 9.17) is 16.3 Å². The maximum atomic E-state index is 6.31. The molecule has 4 rings (SSSR count). The van der Waals surface area contributed by atoms with E-state index in [1.54, 1.807) is 0 Å². The summed E-state index contributed by atoms with van der Waals surface area (Å²) in [6.45, 7) is 7.91. The average molecular weight is 364 g/mol. The molecule has 1 N–H and O–H groups in total. The highest BCUT2D eigenvalue weighted by molar-refractivity contribution is 6.30. The molecular weight excluding hydrogens is 334 g/mol. The van der Waals surface area contributed by atoms with Crippen LogP contribution in [0.1, 0.15) is 37.7 Å². The van der Waals surface area contributed by atoms with Crippen LogP contribution in [0, 0.1) is 0 Å². The molecule has 3 fully saturated rings. The maximum absolute atomic E-state index is 6.31. The minimum atomic E-state index is 0.395. The lowest BCUT2D eigenvalue weighted by molar-refractivity contribution is 0.169. The highest BCUT2D eigenvalue weighted by atomic mass is 35.5. The fraction of sp³-hybridized carbons (Fsp3) is 0.700. The van der Waals surface area contributed by atoms with E-state index in [1.807, 2.05) is 6.07 Å². The van der Waals surface area contributed by atoms with Gasteiger partial charge in [0.2, 0.25) is 0 Å². The first-order valence-electron chi connectivity index (χ1n) is 9.90. The van der Waals surface area contributed by atoms with E-state index in [9.17, 15) is 0 Å². The number of nitrogens with one attached hydrogen (secondary N) is 1. The van der Waals surface area contributed by atoms with Gasteiger partial charge in [0.1, 0.15) is 5.75 Å². The monoisotopic (exact) mass is 363 g/mol. The minimum absolute atomic E-state index is 0.395. The summed E-state index contributed by atoms with van der Waals surface area (Å²) in [5.41, 5.74) is 1.25. The van der Waals surface area contributed by atoms with Crippen LogP contribution in [0.2, 0.25) is 5.02 Å². The fourth-order valence-corrected chi connectivity index (χ4v) is 4.71. The SMILES string of the molecule is Clc1ccc(OC2CCCC2)c(CN2CCC(N3CCNCC3)C2)c1. The van der Waals surface area contributed by atoms with Crippen LogP contribution in [0.4, 0.5) is 0 Å². The van der Waals surface area contributed by atoms with Gasteiger partial charge in [-0.25, -0.2) is 0 Å². The summed E-state index contributed by atoms with van der Waals surface area (Å²) < 4.78 is 6.31. The van der Waals surface area contributed by atoms with Crippen molar-refractivity contribution in [2.45, 2.75) is 50.8 Å². The summed E-state index contributed by atoms with van der Waals surface area (Å²) in [7, 11) is 0. The summed E-state index contributed by atoms with van der Waals surface area (Å²) in [6, 6.07) is 6.84. The molecule has 0 aromatic heterocycles. The Bertz CT molecular complexity index is 570. The number of halogens is 1. The number of piperazine rings is 1. The molecule has 5 heteroatoms. The van der Waals surface area contributed by atoms with Gasteiger partial charge in [0.15, 0.2) is 0 Å². The predicted molar refractivity (Wildman–Crippen MR) is 102 cm³/mol. The van der Waals surface area contributed by atoms with Crippen LogP contribution < -0.4 is 10.1 Å². The Morgan fingerprint density at radius 1 is 1.08 bits per heavy atom. The third-order valence-corrected chi connectivity index (χ3v) is 6.16. The van der Waals surface area contributed by atoms with Crippen LogP contribution in [0.15, 0.2) is 18.2 Å². The largest absolute Gasteiger partial charge is 0.490 e. The summed E-state index contributed by atoms with van der Waals surface area (Å²) in [5, 5.41) is 4.26. The molecule has 0 amide bonds. The molecule has 2 aliphatic heterocycles. The molecule has 25 heavy (non-hydrogen) atoms. The topological polar surface area (TPSA) is 27.7 Å². The second-order valence-corrected chi connectivity index (χ2v) is 8.18. The van der Waals surface area contributed by atoms with Gasteiger partial charge in [0, 0.05) is 62.4 Å². The Morgan fingerprint density at radius 3 is 2.68 bits per heavy atom. The first kappa shape index (κ1) is 17.6. The fourth-order valence-electron chi connectivity index (χ4n) is 4.51. The summed E-state index contributed by atoms with van der Waals surface area (Å²) in [4.78, 5) is 5.23. The molecule has 3 aliphatic rings. The van der Waals surface area contributed by atoms with E-state index in [1.165, 1.54) is 57.3 Å². The molecule has 138 valence electrons. The molecule has 1 aromatic rings. The van der Waals surface area contributed by atoms with Crippen LogP contribution in [0.25, 0.3) is 0 Å². The van der Waals surface area contributed by atoms with Crippen LogP contribution >= 0.6 is 11.6 Å². The van der Waals surface area contributed by atoms with Crippen molar-refractivity contribution in [3.8, 4) is 5.75 Å². The first-order valence-corrected chi connectivity index (χ1v) is 10.3. The van der Waals surface area contributed by atoms with E-state index in [2.05, 4.69) is 27.2 Å². The van der Waals surface area contributed by atoms with Crippen molar-refractivity contribution in [3.05, 3.63) is 28.8 Å². The third kappa shape index (κ3) is 4.48. The van der Waals surface area contributed by atoms with E-state index >= 15 is 0 Å². The van der Waals surface area contributed by atoms with Gasteiger partial charge in [-0.05, 0) is 50.3 Å². The van der Waals surface area contributed by atoms with Gasteiger partial charge in [-0.3, -0.25) is 9.80 Å². The lowest BCUT2D eigenvalue weighted by Gasteiger charge is -2.32. The molecule has 2 heterocycles. The second kappa shape index (κ2) is 8.26. The van der Waals surface area contributed by atoms with Gasteiger partial charge < -0.3 is 10.1 Å². The molecule has 1 saturated carbocycles. The maximum Gasteiger partial charge on any atom is 0.124 e. The van der Waals surface area contributed by atoms with Gasteiger partial charge in [0.05, 0.1) is 6.10 Å². The zero-order valence-corrected chi connectivity index (χ0v) is 15.8. The van der Waals surface area contributed by atoms with Crippen LogP contribution in [0.3, 0.4) is 0 Å². The molecule has 1 unspecified atom stereocenters. The number of rotatable bonds is 5. The van der Waals surface area contributed by atoms with E-state index in [0.717, 1.165) is 37.0 Å². The van der Waals surface area contributed by atoms with Crippen molar-refractivity contribution >= 4 is 11.6 Å². The van der Waals surface area contributed by atoms with Gasteiger partial charge in [-0.2, -0.15) is 0 Å². The lowest BCUT2D eigenvalue weighted by Crippen LogP contribution is -2.49. The number of hydrogen-bond donors (Lipinski definition) is 1. The van der Waals surface area contributed by atoms with Crippen molar-refractivity contribution in [1.82, 2.24) is 15.1 Å². The number of ether oxygens (including phenoxy) is 1. The molecule has 2 saturated heterocycles. The normalized spacial score (nSPS) is 26.4. The highest BCUT2D eigenvalue weighted by Crippen LogP contribution is 2.30. The lowest BCUT2D eigenvalue weighted by atomic mass is 10.1. The highest BCUT2D eigenvalue weighted by Gasteiger charge is 2.29. The Balaban J connectivity index is 1.39.